The normalized spacial score (nSPS) is 16.7. The van der Waals surface area contributed by atoms with Crippen molar-refractivity contribution in [2.24, 2.45) is 0 Å². The van der Waals surface area contributed by atoms with Crippen molar-refractivity contribution >= 4 is 11.6 Å². The number of halogens is 1. The van der Waals surface area contributed by atoms with E-state index >= 15 is 0 Å². The topological polar surface area (TPSA) is 35.6 Å². The fourth-order valence-electron chi connectivity index (χ4n) is 4.18. The lowest BCUT2D eigenvalue weighted by atomic mass is 10.0. The Morgan fingerprint density at radius 2 is 1.78 bits per heavy atom. The number of hydrogen-bond donors (Lipinski definition) is 1. The van der Waals surface area contributed by atoms with Gasteiger partial charge in [-0.15, -0.1) is 0 Å². The van der Waals surface area contributed by atoms with Crippen molar-refractivity contribution < 1.29 is 9.18 Å². The van der Waals surface area contributed by atoms with Gasteiger partial charge in [-0.3, -0.25) is 9.69 Å². The summed E-state index contributed by atoms with van der Waals surface area (Å²) >= 11 is 0. The molecule has 1 aliphatic heterocycles. The number of hydrogen-bond acceptors (Lipinski definition) is 3. The van der Waals surface area contributed by atoms with Crippen LogP contribution < -0.4 is 10.2 Å². The van der Waals surface area contributed by atoms with Crippen LogP contribution in [0.2, 0.25) is 0 Å². The second-order valence-corrected chi connectivity index (χ2v) is 8.59. The summed E-state index contributed by atoms with van der Waals surface area (Å²) in [7, 11) is 1.82. The molecule has 0 saturated carbocycles. The van der Waals surface area contributed by atoms with Gasteiger partial charge in [-0.25, -0.2) is 4.39 Å². The zero-order chi connectivity index (χ0) is 22.5. The monoisotopic (exact) mass is 431 g/mol. The molecule has 0 aromatic heterocycles. The van der Waals surface area contributed by atoms with Gasteiger partial charge in [0.2, 0.25) is 5.91 Å². The van der Waals surface area contributed by atoms with Crippen LogP contribution in [0, 0.1) is 5.82 Å². The fraction of sp³-hybridized carbons (Fsp3) is 0.296. The van der Waals surface area contributed by atoms with Crippen molar-refractivity contribution in [1.29, 1.82) is 0 Å². The minimum atomic E-state index is -0.254. The van der Waals surface area contributed by atoms with E-state index in [2.05, 4.69) is 29.3 Å². The van der Waals surface area contributed by atoms with E-state index in [9.17, 15) is 9.18 Å². The number of benzene rings is 3. The molecular formula is C27H30FN3O. The molecule has 1 saturated heterocycles. The molecule has 4 rings (SSSR count). The second kappa shape index (κ2) is 10.1. The second-order valence-electron chi connectivity index (χ2n) is 8.59. The summed E-state index contributed by atoms with van der Waals surface area (Å²) in [6.45, 7) is 6.28. The Bertz CT molecular complexity index is 1050. The summed E-state index contributed by atoms with van der Waals surface area (Å²) in [6, 6.07) is 23.1. The Balaban J connectivity index is 1.38. The molecule has 1 atom stereocenters. The first-order valence-electron chi connectivity index (χ1n) is 11.1. The van der Waals surface area contributed by atoms with Gasteiger partial charge in [0.15, 0.2) is 0 Å². The molecule has 166 valence electrons. The van der Waals surface area contributed by atoms with Crippen LogP contribution in [0.15, 0.2) is 72.8 Å². The lowest BCUT2D eigenvalue weighted by Gasteiger charge is -2.31. The number of nitrogens with one attached hydrogen (secondary N) is 1. The molecule has 1 aliphatic rings. The van der Waals surface area contributed by atoms with Gasteiger partial charge < -0.3 is 10.2 Å². The lowest BCUT2D eigenvalue weighted by molar-refractivity contribution is -0.117. The third-order valence-electron chi connectivity index (χ3n) is 6.02. The molecule has 0 bridgehead atoms. The van der Waals surface area contributed by atoms with Gasteiger partial charge in [-0.2, -0.15) is 0 Å². The molecule has 0 aliphatic carbocycles. The molecule has 0 radical (unpaired) electrons. The molecule has 32 heavy (non-hydrogen) atoms. The summed E-state index contributed by atoms with van der Waals surface area (Å²) in [6.07, 6.45) is 0.311. The van der Waals surface area contributed by atoms with E-state index in [1.807, 2.05) is 43.4 Å². The van der Waals surface area contributed by atoms with E-state index in [1.165, 1.54) is 17.7 Å². The Kier molecular flexibility index (Phi) is 6.98. The average Bonchev–Trinajstić information content (AvgIpc) is 2.80. The number of nitrogens with zero attached hydrogens (tertiary/aromatic N) is 2. The van der Waals surface area contributed by atoms with Crippen LogP contribution in [-0.4, -0.2) is 43.5 Å². The third-order valence-corrected chi connectivity index (χ3v) is 6.02. The highest BCUT2D eigenvalue weighted by Crippen LogP contribution is 2.22. The van der Waals surface area contributed by atoms with Gasteiger partial charge in [-0.1, -0.05) is 48.5 Å². The smallest absolute Gasteiger partial charge is 0.231 e. The highest BCUT2D eigenvalue weighted by molar-refractivity contribution is 5.94. The summed E-state index contributed by atoms with van der Waals surface area (Å²) in [5.74, 6) is -0.222. The van der Waals surface area contributed by atoms with Crippen molar-refractivity contribution in [2.75, 3.05) is 31.6 Å². The lowest BCUT2D eigenvalue weighted by Crippen LogP contribution is -2.48. The van der Waals surface area contributed by atoms with E-state index in [-0.39, 0.29) is 11.7 Å². The molecule has 1 heterocycles. The first-order valence-corrected chi connectivity index (χ1v) is 11.1. The average molecular weight is 432 g/mol. The Morgan fingerprint density at radius 3 is 2.50 bits per heavy atom. The minimum Gasteiger partial charge on any atom is -0.315 e. The molecular weight excluding hydrogens is 401 g/mol. The number of carbonyl (C=O) groups excluding carboxylic acids is 1. The molecule has 0 spiro atoms. The Morgan fingerprint density at radius 1 is 1.03 bits per heavy atom. The maximum atomic E-state index is 13.2. The summed E-state index contributed by atoms with van der Waals surface area (Å²) in [4.78, 5) is 17.1. The van der Waals surface area contributed by atoms with E-state index < -0.39 is 0 Å². The minimum absolute atomic E-state index is 0.0323. The van der Waals surface area contributed by atoms with E-state index in [1.54, 1.807) is 17.0 Å². The van der Waals surface area contributed by atoms with Crippen LogP contribution in [0.1, 0.15) is 18.1 Å². The number of carbonyl (C=O) groups is 1. The Labute approximate surface area is 189 Å². The number of rotatable bonds is 6. The maximum Gasteiger partial charge on any atom is 0.231 e. The molecule has 1 amide bonds. The number of likely N-dealkylation sites (N-methyl/N-ethyl adjacent to an activating group) is 1. The first kappa shape index (κ1) is 22.2. The van der Waals surface area contributed by atoms with Crippen molar-refractivity contribution in [2.45, 2.75) is 25.9 Å². The first-order chi connectivity index (χ1) is 15.5. The van der Waals surface area contributed by atoms with Gasteiger partial charge in [0.1, 0.15) is 5.82 Å². The molecule has 1 fully saturated rings. The molecule has 3 aromatic carbocycles. The van der Waals surface area contributed by atoms with Gasteiger partial charge in [0.05, 0.1) is 6.42 Å². The van der Waals surface area contributed by atoms with E-state index in [0.29, 0.717) is 12.5 Å². The molecule has 4 nitrogen and oxygen atoms in total. The molecule has 3 aromatic rings. The zero-order valence-corrected chi connectivity index (χ0v) is 18.7. The SMILES string of the molecule is C[C@H]1CN(Cc2ccc(N(C)C(=O)Cc3cccc(-c4ccc(F)cc4)c3)cc2)CCN1. The standard InChI is InChI=1S/C27H30FN3O/c1-20-18-31(15-14-29-20)19-21-6-12-26(13-7-21)30(2)27(32)17-22-4-3-5-24(16-22)23-8-10-25(28)11-9-23/h3-13,16,20,29H,14-15,17-19H2,1-2H3/t20-/m0/s1. The largest absolute Gasteiger partial charge is 0.315 e. The molecule has 0 unspecified atom stereocenters. The zero-order valence-electron chi connectivity index (χ0n) is 18.7. The van der Waals surface area contributed by atoms with Crippen LogP contribution in [0.5, 0.6) is 0 Å². The predicted octanol–water partition coefficient (Wildman–Crippen LogP) is 4.49. The van der Waals surface area contributed by atoms with Crippen LogP contribution >= 0.6 is 0 Å². The number of amides is 1. The van der Waals surface area contributed by atoms with Gasteiger partial charge in [-0.05, 0) is 53.4 Å². The molecule has 5 heteroatoms. The van der Waals surface area contributed by atoms with Crippen LogP contribution in [-0.2, 0) is 17.8 Å². The van der Waals surface area contributed by atoms with Gasteiger partial charge in [0, 0.05) is 45.0 Å². The highest BCUT2D eigenvalue weighted by atomic mass is 19.1. The highest BCUT2D eigenvalue weighted by Gasteiger charge is 2.16. The van der Waals surface area contributed by atoms with Gasteiger partial charge >= 0.3 is 0 Å². The van der Waals surface area contributed by atoms with Crippen LogP contribution in [0.4, 0.5) is 10.1 Å². The predicted molar refractivity (Wildman–Crippen MR) is 128 cm³/mol. The third kappa shape index (κ3) is 5.61. The van der Waals surface area contributed by atoms with Gasteiger partial charge in [0.25, 0.3) is 0 Å². The summed E-state index contributed by atoms with van der Waals surface area (Å²) < 4.78 is 13.2. The van der Waals surface area contributed by atoms with Crippen LogP contribution in [0.25, 0.3) is 11.1 Å². The Hall–Kier alpha value is -3.02. The quantitative estimate of drug-likeness (QED) is 0.625. The van der Waals surface area contributed by atoms with E-state index in [4.69, 9.17) is 0 Å². The summed E-state index contributed by atoms with van der Waals surface area (Å²) in [5, 5.41) is 3.47. The van der Waals surface area contributed by atoms with Crippen LogP contribution in [0.3, 0.4) is 0 Å². The van der Waals surface area contributed by atoms with Crippen molar-refractivity contribution in [1.82, 2.24) is 10.2 Å². The number of piperazine rings is 1. The van der Waals surface area contributed by atoms with Crippen molar-refractivity contribution in [3.05, 3.63) is 89.7 Å². The van der Waals surface area contributed by atoms with Crippen molar-refractivity contribution in [3.63, 3.8) is 0 Å². The number of anilines is 1. The molecule has 1 N–H and O–H groups in total. The van der Waals surface area contributed by atoms with E-state index in [0.717, 1.165) is 48.6 Å². The fourth-order valence-corrected chi connectivity index (χ4v) is 4.18. The van der Waals surface area contributed by atoms with Crippen molar-refractivity contribution in [3.8, 4) is 11.1 Å². The maximum absolute atomic E-state index is 13.2. The summed E-state index contributed by atoms with van der Waals surface area (Å²) in [5.41, 5.74) is 5.00.